The Labute approximate surface area is 118 Å². The second kappa shape index (κ2) is 5.41. The topological polar surface area (TPSA) is 46.1 Å². The van der Waals surface area contributed by atoms with Gasteiger partial charge in [0.15, 0.2) is 5.78 Å². The molecule has 0 radical (unpaired) electrons. The quantitative estimate of drug-likeness (QED) is 0.802. The number of Topliss-reactive ketones (excluding diaryl/α,β-unsaturated/α-hetero) is 1. The van der Waals surface area contributed by atoms with Crippen LogP contribution in [0, 0.1) is 0 Å². The fraction of sp³-hybridized carbons (Fsp3) is 0.312. The molecule has 4 nitrogen and oxygen atoms in total. The molecule has 1 aromatic heterocycles. The van der Waals surface area contributed by atoms with Gasteiger partial charge in [0, 0.05) is 30.2 Å². The van der Waals surface area contributed by atoms with Crippen molar-refractivity contribution in [3.8, 4) is 0 Å². The number of hydrogen-bond acceptors (Lipinski definition) is 4. The van der Waals surface area contributed by atoms with E-state index in [1.807, 2.05) is 24.3 Å². The molecule has 1 aromatic carbocycles. The zero-order valence-electron chi connectivity index (χ0n) is 11.5. The molecule has 0 spiro atoms. The first-order valence-electron chi connectivity index (χ1n) is 6.89. The van der Waals surface area contributed by atoms with E-state index in [-0.39, 0.29) is 5.78 Å². The van der Waals surface area contributed by atoms with Crippen molar-refractivity contribution in [3.63, 3.8) is 0 Å². The number of nitrogens with zero attached hydrogens (tertiary/aromatic N) is 3. The minimum Gasteiger partial charge on any atom is -0.364 e. The van der Waals surface area contributed by atoms with Crippen LogP contribution < -0.4 is 4.90 Å². The van der Waals surface area contributed by atoms with Gasteiger partial charge in [-0.15, -0.1) is 0 Å². The van der Waals surface area contributed by atoms with Crippen molar-refractivity contribution < 1.29 is 4.79 Å². The Bertz CT molecular complexity index is 625. The molecule has 0 saturated heterocycles. The number of anilines is 1. The number of carbonyl (C=O) groups excluding carboxylic acids is 1. The molecule has 3 rings (SSSR count). The first kappa shape index (κ1) is 12.8. The molecule has 2 aromatic rings. The molecule has 0 bridgehead atoms. The van der Waals surface area contributed by atoms with Gasteiger partial charge in [-0.1, -0.05) is 0 Å². The number of aryl methyl sites for hydroxylation is 1. The summed E-state index contributed by atoms with van der Waals surface area (Å²) in [4.78, 5) is 22.3. The fourth-order valence-corrected chi connectivity index (χ4v) is 2.64. The molecule has 0 aliphatic carbocycles. The van der Waals surface area contributed by atoms with Gasteiger partial charge >= 0.3 is 0 Å². The van der Waals surface area contributed by atoms with Crippen molar-refractivity contribution in [2.75, 3.05) is 11.4 Å². The van der Waals surface area contributed by atoms with Crippen LogP contribution in [0.2, 0.25) is 0 Å². The smallest absolute Gasteiger partial charge is 0.159 e. The van der Waals surface area contributed by atoms with Crippen molar-refractivity contribution >= 4 is 11.5 Å². The lowest BCUT2D eigenvalue weighted by Crippen LogP contribution is -2.29. The van der Waals surface area contributed by atoms with Crippen molar-refractivity contribution in [1.82, 2.24) is 9.97 Å². The average Bonchev–Trinajstić information content (AvgIpc) is 2.48. The van der Waals surface area contributed by atoms with Crippen LogP contribution in [-0.4, -0.2) is 22.3 Å². The second-order valence-electron chi connectivity index (χ2n) is 5.09. The van der Waals surface area contributed by atoms with E-state index < -0.39 is 0 Å². The monoisotopic (exact) mass is 267 g/mol. The molecule has 0 unspecified atom stereocenters. The van der Waals surface area contributed by atoms with E-state index in [2.05, 4.69) is 14.9 Å². The van der Waals surface area contributed by atoms with Gasteiger partial charge in [0.05, 0.1) is 6.54 Å². The van der Waals surface area contributed by atoms with Gasteiger partial charge < -0.3 is 4.90 Å². The predicted octanol–water partition coefficient (Wildman–Crippen LogP) is 2.63. The van der Waals surface area contributed by atoms with Gasteiger partial charge in [0.1, 0.15) is 5.82 Å². The third kappa shape index (κ3) is 2.54. The number of carbonyl (C=O) groups is 1. The van der Waals surface area contributed by atoms with Gasteiger partial charge in [0.2, 0.25) is 0 Å². The number of fused-ring (bicyclic) bond motifs is 1. The van der Waals surface area contributed by atoms with E-state index in [9.17, 15) is 4.79 Å². The predicted molar refractivity (Wildman–Crippen MR) is 77.8 cm³/mol. The summed E-state index contributed by atoms with van der Waals surface area (Å²) in [5.74, 6) is 0.951. The SMILES string of the molecule is CC(=O)c1ccc2c(c1)CCCN2Cc1ncccn1. The molecule has 0 fully saturated rings. The fourth-order valence-electron chi connectivity index (χ4n) is 2.64. The van der Waals surface area contributed by atoms with Gasteiger partial charge in [-0.3, -0.25) is 4.79 Å². The number of rotatable bonds is 3. The Morgan fingerprint density at radius 1 is 1.30 bits per heavy atom. The summed E-state index contributed by atoms with van der Waals surface area (Å²) in [5.41, 5.74) is 3.25. The normalized spacial score (nSPS) is 13.9. The zero-order chi connectivity index (χ0) is 13.9. The summed E-state index contributed by atoms with van der Waals surface area (Å²) >= 11 is 0. The van der Waals surface area contributed by atoms with Gasteiger partial charge in [0.25, 0.3) is 0 Å². The van der Waals surface area contributed by atoms with Crippen molar-refractivity contribution in [2.24, 2.45) is 0 Å². The summed E-state index contributed by atoms with van der Waals surface area (Å²) in [6.45, 7) is 3.33. The van der Waals surface area contributed by atoms with Crippen LogP contribution in [0.25, 0.3) is 0 Å². The largest absolute Gasteiger partial charge is 0.364 e. The maximum absolute atomic E-state index is 11.5. The zero-order valence-corrected chi connectivity index (χ0v) is 11.5. The maximum Gasteiger partial charge on any atom is 0.159 e. The summed E-state index contributed by atoms with van der Waals surface area (Å²) in [6.07, 6.45) is 5.67. The van der Waals surface area contributed by atoms with Crippen LogP contribution in [0.5, 0.6) is 0 Å². The van der Waals surface area contributed by atoms with Crippen LogP contribution in [0.3, 0.4) is 0 Å². The van der Waals surface area contributed by atoms with E-state index in [4.69, 9.17) is 0 Å². The van der Waals surface area contributed by atoms with Crippen LogP contribution >= 0.6 is 0 Å². The van der Waals surface area contributed by atoms with E-state index in [0.29, 0.717) is 6.54 Å². The van der Waals surface area contributed by atoms with Crippen molar-refractivity contribution in [3.05, 3.63) is 53.6 Å². The number of benzene rings is 1. The van der Waals surface area contributed by atoms with E-state index in [1.165, 1.54) is 11.3 Å². The summed E-state index contributed by atoms with van der Waals surface area (Å²) in [5, 5.41) is 0. The molecule has 0 amide bonds. The second-order valence-corrected chi connectivity index (χ2v) is 5.09. The van der Waals surface area contributed by atoms with E-state index >= 15 is 0 Å². The standard InChI is InChI=1S/C16H17N3O/c1-12(20)13-5-6-15-14(10-13)4-2-9-19(15)11-16-17-7-3-8-18-16/h3,5-8,10H,2,4,9,11H2,1H3. The molecule has 0 saturated carbocycles. The van der Waals surface area contributed by atoms with E-state index in [1.54, 1.807) is 19.3 Å². The average molecular weight is 267 g/mol. The summed E-state index contributed by atoms with van der Waals surface area (Å²) < 4.78 is 0. The van der Waals surface area contributed by atoms with Crippen LogP contribution in [-0.2, 0) is 13.0 Å². The third-order valence-corrected chi connectivity index (χ3v) is 3.65. The van der Waals surface area contributed by atoms with Crippen molar-refractivity contribution in [2.45, 2.75) is 26.3 Å². The highest BCUT2D eigenvalue weighted by Crippen LogP contribution is 2.29. The summed E-state index contributed by atoms with van der Waals surface area (Å²) in [6, 6.07) is 7.81. The van der Waals surface area contributed by atoms with Crippen molar-refractivity contribution in [1.29, 1.82) is 0 Å². The molecule has 1 aliphatic rings. The molecule has 102 valence electrons. The summed E-state index contributed by atoms with van der Waals surface area (Å²) in [7, 11) is 0. The Morgan fingerprint density at radius 2 is 2.10 bits per heavy atom. The molecule has 2 heterocycles. The van der Waals surface area contributed by atoms with Crippen LogP contribution in [0.15, 0.2) is 36.7 Å². The lowest BCUT2D eigenvalue weighted by atomic mass is 9.98. The Hall–Kier alpha value is -2.23. The number of hydrogen-bond donors (Lipinski definition) is 0. The molecular formula is C16H17N3O. The first-order valence-corrected chi connectivity index (χ1v) is 6.89. The highest BCUT2D eigenvalue weighted by Gasteiger charge is 2.18. The molecule has 20 heavy (non-hydrogen) atoms. The van der Waals surface area contributed by atoms with Gasteiger partial charge in [-0.25, -0.2) is 9.97 Å². The Morgan fingerprint density at radius 3 is 2.85 bits per heavy atom. The molecule has 4 heteroatoms. The van der Waals surface area contributed by atoms with E-state index in [0.717, 1.165) is 30.8 Å². The molecular weight excluding hydrogens is 250 g/mol. The molecule has 1 aliphatic heterocycles. The van der Waals surface area contributed by atoms with Gasteiger partial charge in [-0.05, 0) is 49.6 Å². The third-order valence-electron chi connectivity index (χ3n) is 3.65. The van der Waals surface area contributed by atoms with Gasteiger partial charge in [-0.2, -0.15) is 0 Å². The highest BCUT2D eigenvalue weighted by molar-refractivity contribution is 5.94. The number of aromatic nitrogens is 2. The first-order chi connectivity index (χ1) is 9.74. The minimum atomic E-state index is 0.122. The minimum absolute atomic E-state index is 0.122. The molecule has 0 atom stereocenters. The Balaban J connectivity index is 1.88. The maximum atomic E-state index is 11.5. The van der Waals surface area contributed by atoms with Crippen LogP contribution in [0.1, 0.15) is 35.1 Å². The lowest BCUT2D eigenvalue weighted by Gasteiger charge is -2.31. The Kier molecular flexibility index (Phi) is 3.46. The molecule has 0 N–H and O–H groups in total. The number of ketones is 1. The van der Waals surface area contributed by atoms with Crippen LogP contribution in [0.4, 0.5) is 5.69 Å². The lowest BCUT2D eigenvalue weighted by molar-refractivity contribution is 0.101. The highest BCUT2D eigenvalue weighted by atomic mass is 16.1.